The molecule has 1 fully saturated rings. The third-order valence-corrected chi connectivity index (χ3v) is 5.06. The van der Waals surface area contributed by atoms with Crippen LogP contribution >= 0.6 is 0 Å². The number of nitrogens with zero attached hydrogens (tertiary/aromatic N) is 1. The van der Waals surface area contributed by atoms with Gasteiger partial charge in [0.1, 0.15) is 5.75 Å². The van der Waals surface area contributed by atoms with Crippen molar-refractivity contribution in [2.24, 2.45) is 0 Å². The summed E-state index contributed by atoms with van der Waals surface area (Å²) >= 11 is 0. The molecule has 2 heterocycles. The first-order valence-corrected chi connectivity index (χ1v) is 8.83. The molecule has 2 aromatic rings. The van der Waals surface area contributed by atoms with Gasteiger partial charge in [0.2, 0.25) is 5.91 Å². The van der Waals surface area contributed by atoms with Gasteiger partial charge in [0.05, 0.1) is 18.3 Å². The van der Waals surface area contributed by atoms with E-state index in [-0.39, 0.29) is 24.8 Å². The molecule has 0 spiro atoms. The van der Waals surface area contributed by atoms with Crippen molar-refractivity contribution in [2.45, 2.75) is 31.3 Å². The number of fused-ring (bicyclic) bond motifs is 1. The van der Waals surface area contributed by atoms with Crippen LogP contribution in [0.3, 0.4) is 0 Å². The summed E-state index contributed by atoms with van der Waals surface area (Å²) in [7, 11) is 3.17. The van der Waals surface area contributed by atoms with E-state index in [9.17, 15) is 14.7 Å². The maximum Gasteiger partial charge on any atom is 0.256 e. The van der Waals surface area contributed by atoms with Crippen molar-refractivity contribution >= 4 is 22.7 Å². The number of hydrogen-bond donors (Lipinski definition) is 3. The number of aromatic nitrogens is 1. The van der Waals surface area contributed by atoms with Gasteiger partial charge in [-0.3, -0.25) is 9.59 Å². The molecule has 1 aromatic heterocycles. The van der Waals surface area contributed by atoms with Gasteiger partial charge in [0.25, 0.3) is 5.91 Å². The van der Waals surface area contributed by atoms with Crippen LogP contribution in [0.2, 0.25) is 0 Å². The van der Waals surface area contributed by atoms with E-state index in [4.69, 9.17) is 4.74 Å². The summed E-state index contributed by atoms with van der Waals surface area (Å²) in [6.07, 6.45) is 3.60. The van der Waals surface area contributed by atoms with Crippen molar-refractivity contribution in [3.8, 4) is 5.75 Å². The summed E-state index contributed by atoms with van der Waals surface area (Å²) in [5, 5.41) is 14.2. The first kappa shape index (κ1) is 18.3. The number of amides is 2. The fraction of sp³-hybridized carbons (Fsp3) is 0.474. The number of methoxy groups -OCH3 is 1. The number of nitrogens with one attached hydrogen (secondary N) is 2. The monoisotopic (exact) mass is 359 g/mol. The first-order chi connectivity index (χ1) is 12.5. The van der Waals surface area contributed by atoms with Crippen LogP contribution < -0.4 is 10.1 Å². The minimum Gasteiger partial charge on any atom is -0.497 e. The number of H-pyrrole nitrogens is 1. The molecule has 1 aliphatic heterocycles. The SMILES string of the molecule is CNC(=O)CC[C@]1(O)CCCN(C(=O)c2c[nH]c3ccc(OC)cc23)C1. The molecule has 26 heavy (non-hydrogen) atoms. The molecule has 7 heteroatoms. The molecule has 140 valence electrons. The number of aliphatic hydroxyl groups is 1. The summed E-state index contributed by atoms with van der Waals surface area (Å²) in [6, 6.07) is 5.55. The zero-order chi connectivity index (χ0) is 18.7. The standard InChI is InChI=1S/C19H25N3O4/c1-20-17(23)6-8-19(25)7-3-9-22(12-19)18(24)15-11-21-16-5-4-13(26-2)10-14(15)16/h4-5,10-11,21,25H,3,6-9,12H2,1-2H3,(H,20,23)/t19-/m1/s1. The average molecular weight is 359 g/mol. The number of benzene rings is 1. The Kier molecular flexibility index (Phi) is 5.18. The summed E-state index contributed by atoms with van der Waals surface area (Å²) in [6.45, 7) is 0.831. The predicted molar refractivity (Wildman–Crippen MR) is 98.2 cm³/mol. The Hall–Kier alpha value is -2.54. The van der Waals surface area contributed by atoms with E-state index in [0.29, 0.717) is 37.1 Å². The number of rotatable bonds is 5. The van der Waals surface area contributed by atoms with Crippen molar-refractivity contribution in [3.63, 3.8) is 0 Å². The topological polar surface area (TPSA) is 94.7 Å². The Morgan fingerprint density at radius 2 is 2.23 bits per heavy atom. The largest absolute Gasteiger partial charge is 0.497 e. The molecule has 3 N–H and O–H groups in total. The highest BCUT2D eigenvalue weighted by molar-refractivity contribution is 6.07. The van der Waals surface area contributed by atoms with Gasteiger partial charge in [-0.1, -0.05) is 0 Å². The van der Waals surface area contributed by atoms with Crippen LogP contribution in [0.15, 0.2) is 24.4 Å². The molecule has 1 atom stereocenters. The molecule has 0 radical (unpaired) electrons. The normalized spacial score (nSPS) is 20.2. The maximum absolute atomic E-state index is 13.0. The molecular formula is C19H25N3O4. The highest BCUT2D eigenvalue weighted by Crippen LogP contribution is 2.29. The Labute approximate surface area is 152 Å². The number of likely N-dealkylation sites (tertiary alicyclic amines) is 1. The zero-order valence-corrected chi connectivity index (χ0v) is 15.2. The van der Waals surface area contributed by atoms with Gasteiger partial charge in [-0.2, -0.15) is 0 Å². The lowest BCUT2D eigenvalue weighted by atomic mass is 9.88. The Morgan fingerprint density at radius 3 is 2.96 bits per heavy atom. The Bertz CT molecular complexity index is 816. The number of carbonyl (C=O) groups is 2. The molecule has 0 saturated carbocycles. The van der Waals surface area contributed by atoms with Crippen LogP contribution in [0.25, 0.3) is 10.9 Å². The van der Waals surface area contributed by atoms with Gasteiger partial charge in [-0.25, -0.2) is 0 Å². The summed E-state index contributed by atoms with van der Waals surface area (Å²) in [5.74, 6) is 0.458. The molecule has 7 nitrogen and oxygen atoms in total. The molecule has 1 saturated heterocycles. The van der Waals surface area contributed by atoms with Gasteiger partial charge in [0.15, 0.2) is 0 Å². The number of carbonyl (C=O) groups excluding carboxylic acids is 2. The van der Waals surface area contributed by atoms with E-state index in [1.807, 2.05) is 18.2 Å². The maximum atomic E-state index is 13.0. The van der Waals surface area contributed by atoms with E-state index in [0.717, 1.165) is 10.9 Å². The van der Waals surface area contributed by atoms with Crippen molar-refractivity contribution in [1.29, 1.82) is 0 Å². The van der Waals surface area contributed by atoms with E-state index in [1.54, 1.807) is 25.3 Å². The number of hydrogen-bond acceptors (Lipinski definition) is 4. The molecule has 0 aliphatic carbocycles. The van der Waals surface area contributed by atoms with Crippen LogP contribution in [0.1, 0.15) is 36.0 Å². The minimum atomic E-state index is -1.02. The van der Waals surface area contributed by atoms with E-state index >= 15 is 0 Å². The number of aromatic amines is 1. The van der Waals surface area contributed by atoms with Crippen molar-refractivity contribution in [1.82, 2.24) is 15.2 Å². The average Bonchev–Trinajstić information content (AvgIpc) is 3.08. The lowest BCUT2D eigenvalue weighted by Gasteiger charge is -2.39. The van der Waals surface area contributed by atoms with Gasteiger partial charge in [0, 0.05) is 43.7 Å². The van der Waals surface area contributed by atoms with Gasteiger partial charge < -0.3 is 25.0 Å². The quantitative estimate of drug-likeness (QED) is 0.757. The molecule has 0 unspecified atom stereocenters. The molecule has 2 amide bonds. The highest BCUT2D eigenvalue weighted by atomic mass is 16.5. The van der Waals surface area contributed by atoms with Crippen molar-refractivity contribution in [3.05, 3.63) is 30.0 Å². The van der Waals surface area contributed by atoms with Crippen molar-refractivity contribution in [2.75, 3.05) is 27.2 Å². The molecule has 1 aromatic carbocycles. The summed E-state index contributed by atoms with van der Waals surface area (Å²) in [4.78, 5) is 29.3. The lowest BCUT2D eigenvalue weighted by molar-refractivity contribution is -0.122. The predicted octanol–water partition coefficient (Wildman–Crippen LogP) is 1.67. The van der Waals surface area contributed by atoms with Crippen LogP contribution in [0.4, 0.5) is 0 Å². The fourth-order valence-electron chi connectivity index (χ4n) is 3.53. The Balaban J connectivity index is 1.78. The molecule has 3 rings (SSSR count). The second-order valence-corrected chi connectivity index (χ2v) is 6.84. The van der Waals surface area contributed by atoms with Gasteiger partial charge in [-0.15, -0.1) is 0 Å². The fourth-order valence-corrected chi connectivity index (χ4v) is 3.53. The second-order valence-electron chi connectivity index (χ2n) is 6.84. The second kappa shape index (κ2) is 7.37. The number of β-amino-alcohol motifs (C(OH)–C–C–N with tert-alkyl or cyclic N) is 1. The third-order valence-electron chi connectivity index (χ3n) is 5.06. The van der Waals surface area contributed by atoms with E-state index in [1.165, 1.54) is 0 Å². The summed E-state index contributed by atoms with van der Waals surface area (Å²) < 4.78 is 5.25. The van der Waals surface area contributed by atoms with Gasteiger partial charge >= 0.3 is 0 Å². The highest BCUT2D eigenvalue weighted by Gasteiger charge is 2.36. The smallest absolute Gasteiger partial charge is 0.256 e. The van der Waals surface area contributed by atoms with Crippen LogP contribution in [0.5, 0.6) is 5.75 Å². The lowest BCUT2D eigenvalue weighted by Crippen LogP contribution is -2.50. The van der Waals surface area contributed by atoms with Gasteiger partial charge in [-0.05, 0) is 37.5 Å². The Morgan fingerprint density at radius 1 is 1.42 bits per heavy atom. The first-order valence-electron chi connectivity index (χ1n) is 8.83. The number of piperidine rings is 1. The molecule has 1 aliphatic rings. The minimum absolute atomic E-state index is 0.106. The van der Waals surface area contributed by atoms with Crippen LogP contribution in [-0.2, 0) is 4.79 Å². The molecular weight excluding hydrogens is 334 g/mol. The molecule has 0 bridgehead atoms. The third kappa shape index (κ3) is 3.67. The van der Waals surface area contributed by atoms with Crippen molar-refractivity contribution < 1.29 is 19.4 Å². The van der Waals surface area contributed by atoms with Crippen LogP contribution in [0, 0.1) is 0 Å². The number of ether oxygens (including phenoxy) is 1. The van der Waals surface area contributed by atoms with E-state index in [2.05, 4.69) is 10.3 Å². The summed E-state index contributed by atoms with van der Waals surface area (Å²) in [5.41, 5.74) is 0.403. The van der Waals surface area contributed by atoms with Crippen LogP contribution in [-0.4, -0.2) is 59.7 Å². The van der Waals surface area contributed by atoms with E-state index < -0.39 is 5.60 Å². The zero-order valence-electron chi connectivity index (χ0n) is 15.2.